The van der Waals surface area contributed by atoms with Gasteiger partial charge in [0.1, 0.15) is 0 Å². The van der Waals surface area contributed by atoms with Crippen LogP contribution in [0.3, 0.4) is 0 Å². The van der Waals surface area contributed by atoms with Crippen LogP contribution in [-0.2, 0) is 6.18 Å². The van der Waals surface area contributed by atoms with Gasteiger partial charge in [-0.3, -0.25) is 9.36 Å². The molecule has 0 aliphatic carbocycles. The molecule has 0 aliphatic rings. The molecule has 2 heterocycles. The van der Waals surface area contributed by atoms with Crippen molar-refractivity contribution in [1.82, 2.24) is 9.55 Å². The number of benzene rings is 2. The normalized spacial score (nSPS) is 12.2. The molecule has 2 aromatic heterocycles. The summed E-state index contributed by atoms with van der Waals surface area (Å²) in [4.78, 5) is 16.0. The molecule has 0 radical (unpaired) electrons. The number of carbonyl (C=O) groups is 1. The first kappa shape index (κ1) is 16.6. The van der Waals surface area contributed by atoms with Crippen molar-refractivity contribution in [3.05, 3.63) is 58.6 Å². The van der Waals surface area contributed by atoms with E-state index in [0.717, 1.165) is 32.7 Å². The Morgan fingerprint density at radius 3 is 2.46 bits per heavy atom. The highest BCUT2D eigenvalue weighted by Gasteiger charge is 2.30. The molecule has 8 heteroatoms. The Hall–Kier alpha value is -2.87. The second-order valence-corrected chi connectivity index (χ2v) is 7.07. The number of fused-ring (bicyclic) bond motifs is 3. The van der Waals surface area contributed by atoms with Gasteiger partial charge in [0.05, 0.1) is 20.8 Å². The summed E-state index contributed by atoms with van der Waals surface area (Å²) in [6.45, 7) is 1.85. The largest absolute Gasteiger partial charge is 0.416 e. The molecule has 0 saturated carbocycles. The van der Waals surface area contributed by atoms with E-state index in [1.54, 1.807) is 22.8 Å². The highest BCUT2D eigenvalue weighted by molar-refractivity contribution is 7.19. The Morgan fingerprint density at radius 2 is 1.85 bits per heavy atom. The predicted octanol–water partition coefficient (Wildman–Crippen LogP) is 4.67. The average Bonchev–Trinajstić information content (AvgIpc) is 3.08. The molecule has 1 amide bonds. The molecule has 2 N–H and O–H groups in total. The lowest BCUT2D eigenvalue weighted by Crippen LogP contribution is -2.10. The standard InChI is InChI=1S/C18H12F3N3OS/c1-9-23-17-15(26-9)13-8-10(16(22)25)2-7-14(13)24(17)12-5-3-11(4-6-12)18(19,20)21/h2-8H,1H3,(H2,22,25). The van der Waals surface area contributed by atoms with Gasteiger partial charge in [0.15, 0.2) is 5.65 Å². The summed E-state index contributed by atoms with van der Waals surface area (Å²) >= 11 is 1.46. The third kappa shape index (κ3) is 2.53. The number of halogens is 3. The van der Waals surface area contributed by atoms with E-state index in [9.17, 15) is 18.0 Å². The first-order valence-corrected chi connectivity index (χ1v) is 8.46. The van der Waals surface area contributed by atoms with Crippen molar-refractivity contribution in [2.75, 3.05) is 0 Å². The van der Waals surface area contributed by atoms with Gasteiger partial charge >= 0.3 is 6.18 Å². The summed E-state index contributed by atoms with van der Waals surface area (Å²) < 4.78 is 41.1. The topological polar surface area (TPSA) is 60.9 Å². The number of hydrogen-bond donors (Lipinski definition) is 1. The second-order valence-electron chi connectivity index (χ2n) is 5.86. The van der Waals surface area contributed by atoms with E-state index in [1.807, 2.05) is 6.92 Å². The molecular formula is C18H12F3N3OS. The lowest BCUT2D eigenvalue weighted by molar-refractivity contribution is -0.137. The van der Waals surface area contributed by atoms with Gasteiger partial charge < -0.3 is 5.73 Å². The fourth-order valence-corrected chi connectivity index (χ4v) is 3.91. The lowest BCUT2D eigenvalue weighted by atomic mass is 10.1. The molecule has 0 unspecified atom stereocenters. The van der Waals surface area contributed by atoms with Gasteiger partial charge in [-0.15, -0.1) is 11.3 Å². The minimum atomic E-state index is -4.39. The van der Waals surface area contributed by atoms with Crippen LogP contribution in [0.25, 0.3) is 26.9 Å². The van der Waals surface area contributed by atoms with Crippen LogP contribution < -0.4 is 5.73 Å². The molecule has 26 heavy (non-hydrogen) atoms. The Balaban J connectivity index is 2.00. The van der Waals surface area contributed by atoms with Crippen LogP contribution in [0, 0.1) is 6.92 Å². The molecule has 0 bridgehead atoms. The number of thiazole rings is 1. The first-order chi connectivity index (χ1) is 12.3. The summed E-state index contributed by atoms with van der Waals surface area (Å²) in [7, 11) is 0. The third-order valence-electron chi connectivity index (χ3n) is 4.15. The smallest absolute Gasteiger partial charge is 0.366 e. The van der Waals surface area contributed by atoms with E-state index in [1.165, 1.54) is 23.5 Å². The average molecular weight is 375 g/mol. The van der Waals surface area contributed by atoms with Gasteiger partial charge in [-0.1, -0.05) is 0 Å². The van der Waals surface area contributed by atoms with E-state index < -0.39 is 17.6 Å². The zero-order valence-corrected chi connectivity index (χ0v) is 14.3. The molecule has 0 fully saturated rings. The fraction of sp³-hybridized carbons (Fsp3) is 0.111. The summed E-state index contributed by atoms with van der Waals surface area (Å²) in [5.41, 5.74) is 6.99. The summed E-state index contributed by atoms with van der Waals surface area (Å²) in [6.07, 6.45) is -4.39. The van der Waals surface area contributed by atoms with Gasteiger partial charge in [0, 0.05) is 16.6 Å². The van der Waals surface area contributed by atoms with Gasteiger partial charge in [-0.05, 0) is 49.4 Å². The van der Waals surface area contributed by atoms with Gasteiger partial charge in [0.25, 0.3) is 0 Å². The number of primary amides is 1. The summed E-state index contributed by atoms with van der Waals surface area (Å²) in [5, 5.41) is 1.61. The molecule has 4 rings (SSSR count). The van der Waals surface area contributed by atoms with Crippen molar-refractivity contribution in [2.45, 2.75) is 13.1 Å². The number of hydrogen-bond acceptors (Lipinski definition) is 3. The second kappa shape index (κ2) is 5.57. The Labute approximate surface area is 149 Å². The minimum Gasteiger partial charge on any atom is -0.366 e. The van der Waals surface area contributed by atoms with Crippen molar-refractivity contribution in [3.8, 4) is 5.69 Å². The monoisotopic (exact) mass is 375 g/mol. The quantitative estimate of drug-likeness (QED) is 0.554. The highest BCUT2D eigenvalue weighted by atomic mass is 32.1. The van der Waals surface area contributed by atoms with E-state index in [0.29, 0.717) is 16.9 Å². The number of aromatic nitrogens is 2. The van der Waals surface area contributed by atoms with Crippen LogP contribution in [-0.4, -0.2) is 15.5 Å². The molecule has 0 saturated heterocycles. The van der Waals surface area contributed by atoms with Crippen molar-refractivity contribution in [1.29, 1.82) is 0 Å². The van der Waals surface area contributed by atoms with Crippen molar-refractivity contribution >= 4 is 38.5 Å². The van der Waals surface area contributed by atoms with Crippen molar-refractivity contribution in [2.24, 2.45) is 5.73 Å². The van der Waals surface area contributed by atoms with E-state index in [2.05, 4.69) is 4.98 Å². The third-order valence-corrected chi connectivity index (χ3v) is 5.14. The van der Waals surface area contributed by atoms with E-state index in [-0.39, 0.29) is 0 Å². The first-order valence-electron chi connectivity index (χ1n) is 7.65. The minimum absolute atomic E-state index is 0.370. The predicted molar refractivity (Wildman–Crippen MR) is 94.7 cm³/mol. The Bertz CT molecular complexity index is 1160. The van der Waals surface area contributed by atoms with E-state index in [4.69, 9.17) is 5.73 Å². The number of carbonyl (C=O) groups excluding carboxylic acids is 1. The Kier molecular flexibility index (Phi) is 3.55. The molecule has 4 aromatic rings. The zero-order chi connectivity index (χ0) is 18.6. The number of amides is 1. The van der Waals surface area contributed by atoms with Crippen molar-refractivity contribution in [3.63, 3.8) is 0 Å². The van der Waals surface area contributed by atoms with Crippen LogP contribution in [0.2, 0.25) is 0 Å². The fourth-order valence-electron chi connectivity index (χ4n) is 2.98. The Morgan fingerprint density at radius 1 is 1.15 bits per heavy atom. The van der Waals surface area contributed by atoms with Gasteiger partial charge in [-0.2, -0.15) is 13.2 Å². The van der Waals surface area contributed by atoms with Crippen LogP contribution in [0.15, 0.2) is 42.5 Å². The van der Waals surface area contributed by atoms with Crippen molar-refractivity contribution < 1.29 is 18.0 Å². The summed E-state index contributed by atoms with van der Waals surface area (Å²) in [5.74, 6) is -0.538. The van der Waals surface area contributed by atoms with E-state index >= 15 is 0 Å². The number of aryl methyl sites for hydroxylation is 1. The summed E-state index contributed by atoms with van der Waals surface area (Å²) in [6, 6.07) is 9.95. The lowest BCUT2D eigenvalue weighted by Gasteiger charge is -2.10. The molecule has 132 valence electrons. The van der Waals surface area contributed by atoms with Crippen LogP contribution >= 0.6 is 11.3 Å². The maximum Gasteiger partial charge on any atom is 0.416 e. The van der Waals surface area contributed by atoms with Crippen LogP contribution in [0.1, 0.15) is 20.9 Å². The maximum atomic E-state index is 12.8. The highest BCUT2D eigenvalue weighted by Crippen LogP contribution is 2.37. The maximum absolute atomic E-state index is 12.8. The number of nitrogens with zero attached hydrogens (tertiary/aromatic N) is 2. The molecule has 4 nitrogen and oxygen atoms in total. The van der Waals surface area contributed by atoms with Gasteiger partial charge in [-0.25, -0.2) is 4.98 Å². The van der Waals surface area contributed by atoms with Crippen LogP contribution in [0.4, 0.5) is 13.2 Å². The number of alkyl halides is 3. The molecule has 0 aliphatic heterocycles. The zero-order valence-electron chi connectivity index (χ0n) is 13.5. The SMILES string of the molecule is Cc1nc2c(s1)c1cc(C(N)=O)ccc1n2-c1ccc(C(F)(F)F)cc1. The molecule has 2 aromatic carbocycles. The van der Waals surface area contributed by atoms with Gasteiger partial charge in [0.2, 0.25) is 5.91 Å². The van der Waals surface area contributed by atoms with Crippen LogP contribution in [0.5, 0.6) is 0 Å². The molecule has 0 atom stereocenters. The molecular weight excluding hydrogens is 363 g/mol. The number of nitrogens with two attached hydrogens (primary N) is 1. The molecule has 0 spiro atoms. The number of rotatable bonds is 2.